The fourth-order valence-electron chi connectivity index (χ4n) is 2.85. The number of halogens is 1. The number of nitrogens with two attached hydrogens (primary N) is 1. The molecule has 6 nitrogen and oxygen atoms in total. The average Bonchev–Trinajstić information content (AvgIpc) is 2.61. The number of aromatic nitrogens is 1. The van der Waals surface area contributed by atoms with E-state index in [1.807, 2.05) is 12.3 Å². The molecule has 3 N–H and O–H groups in total. The number of aliphatic imine (C=N–C) groups is 1. The molecule has 1 aliphatic rings. The molecule has 142 valence electrons. The first-order valence-corrected chi connectivity index (χ1v) is 9.12. The Hall–Kier alpha value is -1.09. The monoisotopic (exact) mass is 460 g/mol. The van der Waals surface area contributed by atoms with E-state index in [4.69, 9.17) is 5.73 Å². The maximum Gasteiger partial charge on any atom is 0.188 e. The molecule has 1 aromatic heterocycles. The smallest absolute Gasteiger partial charge is 0.188 e. The predicted octanol–water partition coefficient (Wildman–Crippen LogP) is 2.44. The van der Waals surface area contributed by atoms with Gasteiger partial charge in [-0.25, -0.2) is 9.98 Å². The van der Waals surface area contributed by atoms with Gasteiger partial charge in [-0.15, -0.1) is 24.0 Å². The van der Waals surface area contributed by atoms with Crippen molar-refractivity contribution in [2.24, 2.45) is 10.7 Å². The lowest BCUT2D eigenvalue weighted by molar-refractivity contribution is 0.312. The number of guanidine groups is 1. The van der Waals surface area contributed by atoms with Crippen LogP contribution in [0.4, 0.5) is 5.82 Å². The van der Waals surface area contributed by atoms with E-state index in [1.54, 1.807) is 0 Å². The fourth-order valence-corrected chi connectivity index (χ4v) is 2.85. The van der Waals surface area contributed by atoms with Crippen LogP contribution in [0.2, 0.25) is 0 Å². The molecule has 2 heterocycles. The second kappa shape index (κ2) is 12.3. The summed E-state index contributed by atoms with van der Waals surface area (Å²) in [4.78, 5) is 13.8. The van der Waals surface area contributed by atoms with Gasteiger partial charge in [-0.2, -0.15) is 0 Å². The van der Waals surface area contributed by atoms with Gasteiger partial charge in [-0.1, -0.05) is 32.3 Å². The van der Waals surface area contributed by atoms with Crippen molar-refractivity contribution in [1.29, 1.82) is 0 Å². The third-order valence-electron chi connectivity index (χ3n) is 4.43. The molecule has 1 saturated heterocycles. The summed E-state index contributed by atoms with van der Waals surface area (Å²) in [5, 5.41) is 3.20. The normalized spacial score (nSPS) is 15.8. The largest absolute Gasteiger partial charge is 0.370 e. The van der Waals surface area contributed by atoms with Crippen LogP contribution in [0.1, 0.15) is 38.2 Å². The minimum atomic E-state index is 0. The van der Waals surface area contributed by atoms with Crippen molar-refractivity contribution in [2.75, 3.05) is 44.7 Å². The van der Waals surface area contributed by atoms with E-state index in [9.17, 15) is 0 Å². The van der Waals surface area contributed by atoms with E-state index in [2.05, 4.69) is 45.1 Å². The number of piperazine rings is 1. The maximum atomic E-state index is 5.98. The first kappa shape index (κ1) is 22.0. The first-order valence-electron chi connectivity index (χ1n) is 9.12. The molecular formula is C18H33IN6. The van der Waals surface area contributed by atoms with Crippen molar-refractivity contribution >= 4 is 35.8 Å². The van der Waals surface area contributed by atoms with Gasteiger partial charge in [0.15, 0.2) is 5.96 Å². The van der Waals surface area contributed by atoms with Crippen LogP contribution in [0.5, 0.6) is 0 Å². The quantitative estimate of drug-likeness (QED) is 0.270. The Morgan fingerprint density at radius 2 is 2.00 bits per heavy atom. The molecule has 1 aliphatic heterocycles. The topological polar surface area (TPSA) is 69.8 Å². The van der Waals surface area contributed by atoms with Crippen LogP contribution < -0.4 is 16.0 Å². The summed E-state index contributed by atoms with van der Waals surface area (Å²) in [5.41, 5.74) is 7.12. The Morgan fingerprint density at radius 1 is 1.24 bits per heavy atom. The molecule has 1 aromatic rings. The van der Waals surface area contributed by atoms with Crippen LogP contribution in [0.3, 0.4) is 0 Å². The van der Waals surface area contributed by atoms with Gasteiger partial charge in [-0.3, -0.25) is 0 Å². The van der Waals surface area contributed by atoms with Gasteiger partial charge in [0.25, 0.3) is 0 Å². The van der Waals surface area contributed by atoms with Gasteiger partial charge >= 0.3 is 0 Å². The summed E-state index contributed by atoms with van der Waals surface area (Å²) in [5.74, 6) is 1.57. The van der Waals surface area contributed by atoms with Crippen molar-refractivity contribution in [2.45, 2.75) is 39.2 Å². The van der Waals surface area contributed by atoms with Crippen molar-refractivity contribution in [3.8, 4) is 0 Å². The molecule has 0 spiro atoms. The number of hydrogen-bond donors (Lipinski definition) is 2. The Kier molecular flexibility index (Phi) is 10.8. The molecule has 0 saturated carbocycles. The predicted molar refractivity (Wildman–Crippen MR) is 117 cm³/mol. The summed E-state index contributed by atoms with van der Waals surface area (Å²) < 4.78 is 0. The van der Waals surface area contributed by atoms with Gasteiger partial charge in [0, 0.05) is 44.5 Å². The third kappa shape index (κ3) is 7.77. The molecule has 0 atom stereocenters. The van der Waals surface area contributed by atoms with Crippen LogP contribution in [0, 0.1) is 0 Å². The third-order valence-corrected chi connectivity index (χ3v) is 4.43. The van der Waals surface area contributed by atoms with Gasteiger partial charge in [0.2, 0.25) is 0 Å². The van der Waals surface area contributed by atoms with Gasteiger partial charge in [0.1, 0.15) is 5.82 Å². The number of nitrogens with zero attached hydrogens (tertiary/aromatic N) is 4. The van der Waals surface area contributed by atoms with Gasteiger partial charge in [-0.05, 0) is 19.5 Å². The number of likely N-dealkylation sites (N-methyl/N-ethyl adjacent to an activating group) is 1. The summed E-state index contributed by atoms with van der Waals surface area (Å²) in [7, 11) is 2.16. The number of pyridine rings is 1. The van der Waals surface area contributed by atoms with E-state index >= 15 is 0 Å². The molecule has 0 amide bonds. The summed E-state index contributed by atoms with van der Waals surface area (Å²) in [6, 6.07) is 4.07. The molecule has 1 fully saturated rings. The van der Waals surface area contributed by atoms with Gasteiger partial charge < -0.3 is 20.9 Å². The second-order valence-corrected chi connectivity index (χ2v) is 6.47. The zero-order chi connectivity index (χ0) is 17.2. The molecule has 7 heteroatoms. The van der Waals surface area contributed by atoms with E-state index in [0.717, 1.165) is 50.5 Å². The summed E-state index contributed by atoms with van der Waals surface area (Å²) in [6.07, 6.45) is 6.77. The van der Waals surface area contributed by atoms with Crippen LogP contribution >= 0.6 is 24.0 Å². The van der Waals surface area contributed by atoms with Crippen LogP contribution in [0.15, 0.2) is 23.3 Å². The number of rotatable bonds is 8. The maximum absolute atomic E-state index is 5.98. The average molecular weight is 460 g/mol. The van der Waals surface area contributed by atoms with Crippen LogP contribution in [0.25, 0.3) is 0 Å². The lowest BCUT2D eigenvalue weighted by atomic mass is 10.2. The van der Waals surface area contributed by atoms with Crippen LogP contribution in [-0.2, 0) is 6.54 Å². The van der Waals surface area contributed by atoms with Crippen molar-refractivity contribution in [3.05, 3.63) is 23.9 Å². The van der Waals surface area contributed by atoms with E-state index in [0.29, 0.717) is 12.5 Å². The number of unbranched alkanes of at least 4 members (excludes halogenated alkanes) is 3. The van der Waals surface area contributed by atoms with Gasteiger partial charge in [0.05, 0.1) is 6.54 Å². The van der Waals surface area contributed by atoms with Crippen molar-refractivity contribution in [3.63, 3.8) is 0 Å². The number of anilines is 1. The highest BCUT2D eigenvalue weighted by atomic mass is 127. The van der Waals surface area contributed by atoms with Crippen molar-refractivity contribution in [1.82, 2.24) is 15.2 Å². The molecule has 0 bridgehead atoms. The molecule has 0 radical (unpaired) electrons. The zero-order valence-electron chi connectivity index (χ0n) is 15.6. The Morgan fingerprint density at radius 3 is 2.72 bits per heavy atom. The zero-order valence-corrected chi connectivity index (χ0v) is 17.9. The lowest BCUT2D eigenvalue weighted by Crippen LogP contribution is -2.45. The number of hydrogen-bond acceptors (Lipinski definition) is 4. The fraction of sp³-hybridized carbons (Fsp3) is 0.667. The minimum Gasteiger partial charge on any atom is -0.370 e. The Balaban J connectivity index is 0.00000312. The Bertz CT molecular complexity index is 514. The first-order chi connectivity index (χ1) is 11.7. The minimum absolute atomic E-state index is 0. The highest BCUT2D eigenvalue weighted by molar-refractivity contribution is 14.0. The second-order valence-electron chi connectivity index (χ2n) is 6.47. The SMILES string of the molecule is CCCCCCNC(N)=NCc1cccnc1N1CCN(C)CC1.I. The molecular weight excluding hydrogens is 427 g/mol. The van der Waals surface area contributed by atoms with E-state index < -0.39 is 0 Å². The molecule has 0 aliphatic carbocycles. The standard InChI is InChI=1S/C18H32N6.HI/c1-3-4-5-6-9-21-18(19)22-15-16-8-7-10-20-17(16)24-13-11-23(2)12-14-24;/h7-8,10H,3-6,9,11-15H2,1-2H3,(H3,19,21,22);1H. The highest BCUT2D eigenvalue weighted by Gasteiger charge is 2.17. The summed E-state index contributed by atoms with van der Waals surface area (Å²) in [6.45, 7) is 7.85. The van der Waals surface area contributed by atoms with E-state index in [1.165, 1.54) is 19.3 Å². The van der Waals surface area contributed by atoms with Crippen molar-refractivity contribution < 1.29 is 0 Å². The Labute approximate surface area is 169 Å². The van der Waals surface area contributed by atoms with Crippen LogP contribution in [-0.4, -0.2) is 55.6 Å². The lowest BCUT2D eigenvalue weighted by Gasteiger charge is -2.34. The molecule has 25 heavy (non-hydrogen) atoms. The molecule has 2 rings (SSSR count). The highest BCUT2D eigenvalue weighted by Crippen LogP contribution is 2.19. The van der Waals surface area contributed by atoms with E-state index in [-0.39, 0.29) is 24.0 Å². The molecule has 0 unspecified atom stereocenters. The summed E-state index contributed by atoms with van der Waals surface area (Å²) >= 11 is 0. The number of nitrogens with one attached hydrogen (secondary N) is 1. The molecule has 0 aromatic carbocycles.